The van der Waals surface area contributed by atoms with Gasteiger partial charge in [0.15, 0.2) is 6.04 Å². The molecule has 16 heavy (non-hydrogen) atoms. The van der Waals surface area contributed by atoms with Gasteiger partial charge in [-0.1, -0.05) is 0 Å². The molecule has 0 spiro atoms. The first-order valence-electron chi connectivity index (χ1n) is 5.00. The zero-order valence-electron chi connectivity index (χ0n) is 9.14. The van der Waals surface area contributed by atoms with Crippen molar-refractivity contribution < 1.29 is 24.2 Å². The minimum Gasteiger partial charge on any atom is -0.480 e. The summed E-state index contributed by atoms with van der Waals surface area (Å²) in [6.07, 6.45) is 0. The van der Waals surface area contributed by atoms with Gasteiger partial charge in [0, 0.05) is 20.2 Å². The summed E-state index contributed by atoms with van der Waals surface area (Å²) >= 11 is 0. The highest BCUT2D eigenvalue weighted by atomic mass is 16.5. The van der Waals surface area contributed by atoms with Crippen molar-refractivity contribution in [3.05, 3.63) is 0 Å². The Balaban J connectivity index is 2.43. The Bertz CT molecular complexity index is 252. The summed E-state index contributed by atoms with van der Waals surface area (Å²) in [6.45, 7) is 1.87. The number of carbonyl (C=O) groups is 2. The first-order valence-corrected chi connectivity index (χ1v) is 5.00. The highest BCUT2D eigenvalue weighted by molar-refractivity contribution is 5.82. The molecule has 7 nitrogen and oxygen atoms in total. The summed E-state index contributed by atoms with van der Waals surface area (Å²) in [5.41, 5.74) is 0. The highest BCUT2D eigenvalue weighted by Crippen LogP contribution is 1.98. The van der Waals surface area contributed by atoms with Crippen LogP contribution < -0.4 is 5.32 Å². The van der Waals surface area contributed by atoms with E-state index in [1.54, 1.807) is 0 Å². The van der Waals surface area contributed by atoms with Crippen molar-refractivity contribution in [2.75, 3.05) is 40.0 Å². The predicted octanol–water partition coefficient (Wildman–Crippen LogP) is -0.872. The van der Waals surface area contributed by atoms with Crippen molar-refractivity contribution in [3.63, 3.8) is 0 Å². The maximum atomic E-state index is 11.6. The van der Waals surface area contributed by atoms with Crippen LogP contribution >= 0.6 is 0 Å². The normalized spacial score (nSPS) is 17.9. The second kappa shape index (κ2) is 6.29. The highest BCUT2D eigenvalue weighted by Gasteiger charge is 2.23. The number of carboxylic acid groups (broad SMARTS) is 1. The Morgan fingerprint density at radius 1 is 1.50 bits per heavy atom. The lowest BCUT2D eigenvalue weighted by molar-refractivity contribution is -0.140. The number of methoxy groups -OCH3 is 1. The average molecular weight is 232 g/mol. The Labute approximate surface area is 93.3 Å². The molecule has 0 radical (unpaired) electrons. The smallest absolute Gasteiger partial charge is 0.328 e. The van der Waals surface area contributed by atoms with E-state index in [2.05, 4.69) is 5.32 Å². The Morgan fingerprint density at radius 2 is 2.12 bits per heavy atom. The molecule has 2 amide bonds. The molecule has 1 heterocycles. The Hall–Kier alpha value is -1.34. The Morgan fingerprint density at radius 3 is 2.62 bits per heavy atom. The van der Waals surface area contributed by atoms with Crippen LogP contribution in [-0.4, -0.2) is 68.1 Å². The van der Waals surface area contributed by atoms with Crippen molar-refractivity contribution in [1.29, 1.82) is 0 Å². The van der Waals surface area contributed by atoms with Gasteiger partial charge < -0.3 is 24.8 Å². The monoisotopic (exact) mass is 232 g/mol. The van der Waals surface area contributed by atoms with Crippen LogP contribution in [0.3, 0.4) is 0 Å². The number of carbonyl (C=O) groups excluding carboxylic acids is 1. The van der Waals surface area contributed by atoms with Gasteiger partial charge in [0.1, 0.15) is 0 Å². The largest absolute Gasteiger partial charge is 0.480 e. The van der Waals surface area contributed by atoms with Crippen molar-refractivity contribution in [3.8, 4) is 0 Å². The molecule has 92 valence electrons. The third-order valence-electron chi connectivity index (χ3n) is 2.23. The quantitative estimate of drug-likeness (QED) is 0.657. The molecule has 1 rings (SSSR count). The van der Waals surface area contributed by atoms with Crippen LogP contribution in [0.25, 0.3) is 0 Å². The predicted molar refractivity (Wildman–Crippen MR) is 54.2 cm³/mol. The van der Waals surface area contributed by atoms with Crippen LogP contribution in [0.15, 0.2) is 0 Å². The van der Waals surface area contributed by atoms with Crippen LogP contribution in [0.2, 0.25) is 0 Å². The first kappa shape index (κ1) is 12.7. The Kier molecular flexibility index (Phi) is 5.00. The van der Waals surface area contributed by atoms with Crippen LogP contribution in [0.5, 0.6) is 0 Å². The number of hydrogen-bond acceptors (Lipinski definition) is 4. The van der Waals surface area contributed by atoms with Gasteiger partial charge in [0.25, 0.3) is 0 Å². The molecule has 0 aliphatic carbocycles. The summed E-state index contributed by atoms with van der Waals surface area (Å²) in [5, 5.41) is 11.2. The maximum absolute atomic E-state index is 11.6. The lowest BCUT2D eigenvalue weighted by Gasteiger charge is -2.28. The first-order chi connectivity index (χ1) is 7.65. The van der Waals surface area contributed by atoms with E-state index in [9.17, 15) is 9.59 Å². The van der Waals surface area contributed by atoms with Crippen molar-refractivity contribution >= 4 is 12.0 Å². The number of urea groups is 1. The van der Waals surface area contributed by atoms with E-state index in [0.717, 1.165) is 0 Å². The molecular formula is C9H16N2O5. The summed E-state index contributed by atoms with van der Waals surface area (Å²) in [4.78, 5) is 23.9. The van der Waals surface area contributed by atoms with Gasteiger partial charge in [0.2, 0.25) is 0 Å². The molecule has 1 aliphatic heterocycles. The van der Waals surface area contributed by atoms with Crippen LogP contribution in [0, 0.1) is 0 Å². The molecule has 1 atom stereocenters. The summed E-state index contributed by atoms with van der Waals surface area (Å²) < 4.78 is 9.80. The molecule has 7 heteroatoms. The number of aliphatic carboxylic acids is 1. The number of amides is 2. The van der Waals surface area contributed by atoms with E-state index in [0.29, 0.717) is 26.3 Å². The third kappa shape index (κ3) is 3.67. The lowest BCUT2D eigenvalue weighted by Crippen LogP contribution is -2.52. The fourth-order valence-corrected chi connectivity index (χ4v) is 1.35. The SMILES string of the molecule is COCC(NC(=O)N1CCOCC1)C(=O)O. The van der Waals surface area contributed by atoms with Gasteiger partial charge in [-0.3, -0.25) is 0 Å². The minimum absolute atomic E-state index is 0.0502. The number of hydrogen-bond donors (Lipinski definition) is 2. The van der Waals surface area contributed by atoms with Gasteiger partial charge in [-0.25, -0.2) is 9.59 Å². The van der Waals surface area contributed by atoms with E-state index in [1.165, 1.54) is 12.0 Å². The molecule has 0 aromatic heterocycles. The van der Waals surface area contributed by atoms with Crippen LogP contribution in [-0.2, 0) is 14.3 Å². The molecule has 0 aromatic carbocycles. The zero-order valence-corrected chi connectivity index (χ0v) is 9.14. The molecular weight excluding hydrogens is 216 g/mol. The summed E-state index contributed by atoms with van der Waals surface area (Å²) in [7, 11) is 1.39. The number of rotatable bonds is 4. The minimum atomic E-state index is -1.11. The van der Waals surface area contributed by atoms with Gasteiger partial charge in [-0.2, -0.15) is 0 Å². The molecule has 1 unspecified atom stereocenters. The van der Waals surface area contributed by atoms with Gasteiger partial charge >= 0.3 is 12.0 Å². The molecule has 1 aliphatic rings. The van der Waals surface area contributed by atoms with Crippen LogP contribution in [0.1, 0.15) is 0 Å². The summed E-state index contributed by atoms with van der Waals surface area (Å²) in [6, 6.07) is -1.41. The van der Waals surface area contributed by atoms with Gasteiger partial charge in [-0.15, -0.1) is 0 Å². The molecule has 0 bridgehead atoms. The van der Waals surface area contributed by atoms with Crippen molar-refractivity contribution in [2.24, 2.45) is 0 Å². The second-order valence-corrected chi connectivity index (χ2v) is 3.40. The van der Waals surface area contributed by atoms with Crippen molar-refractivity contribution in [2.45, 2.75) is 6.04 Å². The number of nitrogens with one attached hydrogen (secondary N) is 1. The maximum Gasteiger partial charge on any atom is 0.328 e. The number of morpholine rings is 1. The van der Waals surface area contributed by atoms with Gasteiger partial charge in [0.05, 0.1) is 19.8 Å². The fourth-order valence-electron chi connectivity index (χ4n) is 1.35. The second-order valence-electron chi connectivity index (χ2n) is 3.40. The number of carboxylic acids is 1. The summed E-state index contributed by atoms with van der Waals surface area (Å²) in [5.74, 6) is -1.11. The molecule has 2 N–H and O–H groups in total. The van der Waals surface area contributed by atoms with E-state index >= 15 is 0 Å². The van der Waals surface area contributed by atoms with Gasteiger partial charge in [-0.05, 0) is 0 Å². The van der Waals surface area contributed by atoms with Crippen molar-refractivity contribution in [1.82, 2.24) is 10.2 Å². The average Bonchev–Trinajstić information content (AvgIpc) is 2.29. The van der Waals surface area contributed by atoms with Crippen LogP contribution in [0.4, 0.5) is 4.79 Å². The topological polar surface area (TPSA) is 88.1 Å². The molecule has 0 saturated carbocycles. The zero-order chi connectivity index (χ0) is 12.0. The fraction of sp³-hybridized carbons (Fsp3) is 0.778. The van der Waals surface area contributed by atoms with E-state index in [4.69, 9.17) is 14.6 Å². The molecule has 1 fully saturated rings. The number of nitrogens with zero attached hydrogens (tertiary/aromatic N) is 1. The molecule has 0 aromatic rings. The van der Waals surface area contributed by atoms with E-state index < -0.39 is 18.0 Å². The third-order valence-corrected chi connectivity index (χ3v) is 2.23. The van der Waals surface area contributed by atoms with E-state index in [1.807, 2.05) is 0 Å². The van der Waals surface area contributed by atoms with E-state index in [-0.39, 0.29) is 6.61 Å². The standard InChI is InChI=1S/C9H16N2O5/c1-15-6-7(8(12)13)10-9(14)11-2-4-16-5-3-11/h7H,2-6H2,1H3,(H,10,14)(H,12,13). The lowest BCUT2D eigenvalue weighted by atomic mass is 10.3. The number of ether oxygens (including phenoxy) is 2. The molecule has 1 saturated heterocycles.